The minimum absolute atomic E-state index is 0.0873. The zero-order chi connectivity index (χ0) is 12.4. The van der Waals surface area contributed by atoms with Crippen molar-refractivity contribution in [2.75, 3.05) is 6.61 Å². The van der Waals surface area contributed by atoms with Gasteiger partial charge in [-0.1, -0.05) is 23.8 Å². The van der Waals surface area contributed by atoms with E-state index in [4.69, 9.17) is 4.74 Å². The third-order valence-corrected chi connectivity index (χ3v) is 3.32. The van der Waals surface area contributed by atoms with Crippen LogP contribution in [0.5, 0.6) is 0 Å². The molecule has 18 heavy (non-hydrogen) atoms. The fourth-order valence-electron chi connectivity index (χ4n) is 2.39. The van der Waals surface area contributed by atoms with Crippen LogP contribution in [0.3, 0.4) is 0 Å². The Balaban J connectivity index is 1.95. The minimum atomic E-state index is 0.0873. The van der Waals surface area contributed by atoms with Crippen molar-refractivity contribution in [3.8, 4) is 11.4 Å². The average Bonchev–Trinajstić information content (AvgIpc) is 2.89. The van der Waals surface area contributed by atoms with E-state index in [0.717, 1.165) is 30.8 Å². The molecule has 4 heteroatoms. The van der Waals surface area contributed by atoms with Crippen LogP contribution in [0.25, 0.3) is 11.4 Å². The highest BCUT2D eigenvalue weighted by atomic mass is 16.5. The Morgan fingerprint density at radius 3 is 3.06 bits per heavy atom. The molecule has 4 nitrogen and oxygen atoms in total. The summed E-state index contributed by atoms with van der Waals surface area (Å²) in [7, 11) is 0. The SMILES string of the molecule is Cc1cccc(-c2nncn2C2CCCCO2)c1. The topological polar surface area (TPSA) is 39.9 Å². The molecule has 1 atom stereocenters. The van der Waals surface area contributed by atoms with Gasteiger partial charge < -0.3 is 4.74 Å². The van der Waals surface area contributed by atoms with Gasteiger partial charge in [0.2, 0.25) is 0 Å². The van der Waals surface area contributed by atoms with Gasteiger partial charge in [-0.3, -0.25) is 4.57 Å². The van der Waals surface area contributed by atoms with Crippen LogP contribution in [0.1, 0.15) is 31.1 Å². The van der Waals surface area contributed by atoms with Gasteiger partial charge in [-0.15, -0.1) is 10.2 Å². The number of ether oxygens (including phenoxy) is 1. The van der Waals surface area contributed by atoms with Gasteiger partial charge in [-0.25, -0.2) is 0 Å². The van der Waals surface area contributed by atoms with E-state index in [9.17, 15) is 0 Å². The number of aryl methyl sites for hydroxylation is 1. The first-order valence-electron chi connectivity index (χ1n) is 6.43. The molecule has 2 aromatic rings. The smallest absolute Gasteiger partial charge is 0.165 e. The number of hydrogen-bond acceptors (Lipinski definition) is 3. The molecule has 0 saturated carbocycles. The lowest BCUT2D eigenvalue weighted by Crippen LogP contribution is -2.18. The molecule has 1 unspecified atom stereocenters. The molecule has 1 aliphatic rings. The molecule has 0 spiro atoms. The summed E-state index contributed by atoms with van der Waals surface area (Å²) in [4.78, 5) is 0. The number of benzene rings is 1. The van der Waals surface area contributed by atoms with Crippen LogP contribution < -0.4 is 0 Å². The molecular weight excluding hydrogens is 226 g/mol. The van der Waals surface area contributed by atoms with E-state index >= 15 is 0 Å². The average molecular weight is 243 g/mol. The van der Waals surface area contributed by atoms with Gasteiger partial charge in [0, 0.05) is 12.2 Å². The first-order chi connectivity index (χ1) is 8.84. The Morgan fingerprint density at radius 2 is 2.28 bits per heavy atom. The van der Waals surface area contributed by atoms with Crippen molar-refractivity contribution in [1.82, 2.24) is 14.8 Å². The van der Waals surface area contributed by atoms with Crippen molar-refractivity contribution in [2.24, 2.45) is 0 Å². The lowest BCUT2D eigenvalue weighted by atomic mass is 10.1. The van der Waals surface area contributed by atoms with Crippen LogP contribution in [0.2, 0.25) is 0 Å². The summed E-state index contributed by atoms with van der Waals surface area (Å²) in [5, 5.41) is 8.27. The maximum atomic E-state index is 5.80. The van der Waals surface area contributed by atoms with Crippen molar-refractivity contribution in [3.63, 3.8) is 0 Å². The van der Waals surface area contributed by atoms with Crippen molar-refractivity contribution in [3.05, 3.63) is 36.2 Å². The van der Waals surface area contributed by atoms with E-state index in [1.54, 1.807) is 6.33 Å². The van der Waals surface area contributed by atoms with Crippen LogP contribution in [0, 0.1) is 6.92 Å². The number of rotatable bonds is 2. The molecular formula is C14H17N3O. The van der Waals surface area contributed by atoms with Crippen molar-refractivity contribution < 1.29 is 4.74 Å². The Hall–Kier alpha value is -1.68. The number of nitrogens with zero attached hydrogens (tertiary/aromatic N) is 3. The largest absolute Gasteiger partial charge is 0.358 e. The first-order valence-corrected chi connectivity index (χ1v) is 6.43. The molecule has 2 heterocycles. The molecule has 3 rings (SSSR count). The Bertz CT molecular complexity index is 529. The molecule has 0 amide bonds. The summed E-state index contributed by atoms with van der Waals surface area (Å²) in [5.74, 6) is 0.894. The molecule has 0 bridgehead atoms. The monoisotopic (exact) mass is 243 g/mol. The Kier molecular flexibility index (Phi) is 3.11. The van der Waals surface area contributed by atoms with Crippen molar-refractivity contribution in [1.29, 1.82) is 0 Å². The molecule has 1 aliphatic heterocycles. The second kappa shape index (κ2) is 4.90. The van der Waals surface area contributed by atoms with Crippen molar-refractivity contribution in [2.45, 2.75) is 32.4 Å². The van der Waals surface area contributed by atoms with Gasteiger partial charge in [0.05, 0.1) is 0 Å². The van der Waals surface area contributed by atoms with E-state index < -0.39 is 0 Å². The standard InChI is InChI=1S/C14H17N3O/c1-11-5-4-6-12(9-11)14-16-15-10-17(14)13-7-2-3-8-18-13/h4-6,9-10,13H,2-3,7-8H2,1H3. The predicted molar refractivity (Wildman–Crippen MR) is 69.0 cm³/mol. The summed E-state index contributed by atoms with van der Waals surface area (Å²) in [5.41, 5.74) is 2.33. The van der Waals surface area contributed by atoms with Gasteiger partial charge >= 0.3 is 0 Å². The number of hydrogen-bond donors (Lipinski definition) is 0. The summed E-state index contributed by atoms with van der Waals surface area (Å²) >= 11 is 0. The van der Waals surface area contributed by atoms with E-state index in [1.807, 2.05) is 10.6 Å². The zero-order valence-electron chi connectivity index (χ0n) is 10.5. The van der Waals surface area contributed by atoms with Crippen molar-refractivity contribution >= 4 is 0 Å². The molecule has 0 radical (unpaired) electrons. The molecule has 1 aromatic heterocycles. The Morgan fingerprint density at radius 1 is 1.33 bits per heavy atom. The van der Waals surface area contributed by atoms with Gasteiger partial charge in [0.25, 0.3) is 0 Å². The van der Waals surface area contributed by atoms with E-state index in [2.05, 4.69) is 35.3 Å². The molecule has 1 fully saturated rings. The highest BCUT2D eigenvalue weighted by molar-refractivity contribution is 5.56. The van der Waals surface area contributed by atoms with Crippen LogP contribution in [-0.2, 0) is 4.74 Å². The lowest BCUT2D eigenvalue weighted by Gasteiger charge is -2.24. The molecule has 1 saturated heterocycles. The van der Waals surface area contributed by atoms with Gasteiger partial charge in [-0.05, 0) is 32.3 Å². The highest BCUT2D eigenvalue weighted by Crippen LogP contribution is 2.27. The maximum Gasteiger partial charge on any atom is 0.165 e. The highest BCUT2D eigenvalue weighted by Gasteiger charge is 2.19. The minimum Gasteiger partial charge on any atom is -0.358 e. The third kappa shape index (κ3) is 2.16. The second-order valence-corrected chi connectivity index (χ2v) is 4.75. The van der Waals surface area contributed by atoms with Gasteiger partial charge in [0.15, 0.2) is 5.82 Å². The predicted octanol–water partition coefficient (Wildman–Crippen LogP) is 2.95. The van der Waals surface area contributed by atoms with Gasteiger partial charge in [0.1, 0.15) is 12.6 Å². The fraction of sp³-hybridized carbons (Fsp3) is 0.429. The number of aromatic nitrogens is 3. The third-order valence-electron chi connectivity index (χ3n) is 3.32. The fourth-order valence-corrected chi connectivity index (χ4v) is 2.39. The summed E-state index contributed by atoms with van der Waals surface area (Å²) in [6.45, 7) is 2.91. The van der Waals surface area contributed by atoms with E-state index in [0.29, 0.717) is 0 Å². The summed E-state index contributed by atoms with van der Waals surface area (Å²) in [6, 6.07) is 8.33. The van der Waals surface area contributed by atoms with Crippen LogP contribution in [-0.4, -0.2) is 21.4 Å². The van der Waals surface area contributed by atoms with Gasteiger partial charge in [-0.2, -0.15) is 0 Å². The summed E-state index contributed by atoms with van der Waals surface area (Å²) < 4.78 is 7.85. The van der Waals surface area contributed by atoms with E-state index in [1.165, 1.54) is 12.0 Å². The lowest BCUT2D eigenvalue weighted by molar-refractivity contribution is -0.0311. The maximum absolute atomic E-state index is 5.80. The molecule has 0 aliphatic carbocycles. The zero-order valence-corrected chi connectivity index (χ0v) is 10.5. The van der Waals surface area contributed by atoms with Crippen LogP contribution in [0.4, 0.5) is 0 Å². The quantitative estimate of drug-likeness (QED) is 0.814. The normalized spacial score (nSPS) is 19.9. The second-order valence-electron chi connectivity index (χ2n) is 4.75. The Labute approximate surface area is 107 Å². The molecule has 0 N–H and O–H groups in total. The molecule has 1 aromatic carbocycles. The first kappa shape index (κ1) is 11.4. The summed E-state index contributed by atoms with van der Waals surface area (Å²) in [6.07, 6.45) is 5.25. The van der Waals surface area contributed by atoms with Crippen LogP contribution in [0.15, 0.2) is 30.6 Å². The van der Waals surface area contributed by atoms with E-state index in [-0.39, 0.29) is 6.23 Å². The van der Waals surface area contributed by atoms with Crippen LogP contribution >= 0.6 is 0 Å². The molecule has 94 valence electrons.